The fourth-order valence-corrected chi connectivity index (χ4v) is 1.22. The smallest absolute Gasteiger partial charge is 0.329 e. The number of aliphatic hydroxyl groups is 1. The highest BCUT2D eigenvalue weighted by Gasteiger charge is 2.37. The normalized spacial score (nSPS) is 30.5. The Morgan fingerprint density at radius 2 is 2.27 bits per heavy atom. The minimum Gasteiger partial charge on any atom is -0.480 e. The molecule has 5 heteroatoms. The number of hydrogen-bond acceptors (Lipinski definition) is 3. The van der Waals surface area contributed by atoms with Gasteiger partial charge in [-0.05, 0) is 6.42 Å². The molecular formula is C6H9NO4. The Balaban J connectivity index is 2.70. The second-order valence-electron chi connectivity index (χ2n) is 2.48. The van der Waals surface area contributed by atoms with E-state index in [1.807, 2.05) is 0 Å². The topological polar surface area (TPSA) is 77.8 Å². The second kappa shape index (κ2) is 2.87. The first-order chi connectivity index (χ1) is 5.16. The van der Waals surface area contributed by atoms with Gasteiger partial charge in [-0.25, -0.2) is 4.79 Å². The fourth-order valence-electron chi connectivity index (χ4n) is 1.22. The first kappa shape index (κ1) is 8.00. The summed E-state index contributed by atoms with van der Waals surface area (Å²) in [6.45, 7) is 0.321. The Morgan fingerprint density at radius 3 is 2.64 bits per heavy atom. The SMILES string of the molecule is O=CN1CC[C@H](O)[C@@H]1C(=O)O. The predicted octanol–water partition coefficient (Wildman–Crippen LogP) is -1.34. The van der Waals surface area contributed by atoms with Crippen LogP contribution >= 0.6 is 0 Å². The van der Waals surface area contributed by atoms with Crippen molar-refractivity contribution in [3.05, 3.63) is 0 Å². The van der Waals surface area contributed by atoms with Gasteiger partial charge in [0.1, 0.15) is 0 Å². The van der Waals surface area contributed by atoms with Crippen molar-refractivity contribution in [2.75, 3.05) is 6.54 Å². The van der Waals surface area contributed by atoms with Crippen LogP contribution in [-0.4, -0.2) is 46.2 Å². The molecule has 11 heavy (non-hydrogen) atoms. The molecule has 2 N–H and O–H groups in total. The number of aliphatic hydroxyl groups excluding tert-OH is 1. The van der Waals surface area contributed by atoms with Gasteiger partial charge in [-0.1, -0.05) is 0 Å². The highest BCUT2D eigenvalue weighted by atomic mass is 16.4. The maximum Gasteiger partial charge on any atom is 0.329 e. The highest BCUT2D eigenvalue weighted by Crippen LogP contribution is 2.15. The molecule has 5 nitrogen and oxygen atoms in total. The summed E-state index contributed by atoms with van der Waals surface area (Å²) >= 11 is 0. The zero-order valence-corrected chi connectivity index (χ0v) is 5.80. The molecule has 2 atom stereocenters. The van der Waals surface area contributed by atoms with Crippen LogP contribution < -0.4 is 0 Å². The summed E-state index contributed by atoms with van der Waals surface area (Å²) in [5.41, 5.74) is 0. The van der Waals surface area contributed by atoms with E-state index >= 15 is 0 Å². The van der Waals surface area contributed by atoms with Crippen molar-refractivity contribution in [2.24, 2.45) is 0 Å². The molecule has 0 unspecified atom stereocenters. The van der Waals surface area contributed by atoms with Gasteiger partial charge in [0.25, 0.3) is 0 Å². The zero-order valence-electron chi connectivity index (χ0n) is 5.80. The molecule has 1 fully saturated rings. The van der Waals surface area contributed by atoms with Crippen LogP contribution in [0.4, 0.5) is 0 Å². The number of rotatable bonds is 2. The van der Waals surface area contributed by atoms with Crippen molar-refractivity contribution in [1.82, 2.24) is 4.90 Å². The van der Waals surface area contributed by atoms with Gasteiger partial charge in [0.2, 0.25) is 6.41 Å². The fraction of sp³-hybridized carbons (Fsp3) is 0.667. The molecule has 1 rings (SSSR count). The summed E-state index contributed by atoms with van der Waals surface area (Å²) in [6.07, 6.45) is -0.122. The van der Waals surface area contributed by atoms with Crippen LogP contribution in [0.25, 0.3) is 0 Å². The van der Waals surface area contributed by atoms with Crippen LogP contribution in [-0.2, 0) is 9.59 Å². The molecule has 0 spiro atoms. The molecule has 0 aromatic rings. The van der Waals surface area contributed by atoms with Crippen molar-refractivity contribution >= 4 is 12.4 Å². The van der Waals surface area contributed by atoms with Crippen molar-refractivity contribution in [1.29, 1.82) is 0 Å². The Labute approximate surface area is 63.2 Å². The molecule has 1 heterocycles. The zero-order chi connectivity index (χ0) is 8.43. The van der Waals surface area contributed by atoms with Gasteiger partial charge in [0, 0.05) is 6.54 Å². The number of amides is 1. The average molecular weight is 159 g/mol. The van der Waals surface area contributed by atoms with Crippen LogP contribution in [0.2, 0.25) is 0 Å². The van der Waals surface area contributed by atoms with E-state index in [0.29, 0.717) is 19.4 Å². The molecule has 0 aliphatic carbocycles. The van der Waals surface area contributed by atoms with Gasteiger partial charge in [0.15, 0.2) is 6.04 Å². The lowest BCUT2D eigenvalue weighted by Gasteiger charge is -2.16. The average Bonchev–Trinajstić information content (AvgIpc) is 2.30. The summed E-state index contributed by atoms with van der Waals surface area (Å²) in [5, 5.41) is 17.6. The second-order valence-corrected chi connectivity index (χ2v) is 2.48. The molecular weight excluding hydrogens is 150 g/mol. The molecule has 1 saturated heterocycles. The number of aliphatic carboxylic acids is 1. The summed E-state index contributed by atoms with van der Waals surface area (Å²) in [6, 6.07) is -1.05. The van der Waals surface area contributed by atoms with Crippen molar-refractivity contribution in [2.45, 2.75) is 18.6 Å². The van der Waals surface area contributed by atoms with E-state index in [1.165, 1.54) is 0 Å². The Morgan fingerprint density at radius 1 is 1.64 bits per heavy atom. The maximum atomic E-state index is 10.4. The lowest BCUT2D eigenvalue weighted by Crippen LogP contribution is -2.40. The van der Waals surface area contributed by atoms with Gasteiger partial charge in [-0.2, -0.15) is 0 Å². The Hall–Kier alpha value is -1.10. The van der Waals surface area contributed by atoms with E-state index in [9.17, 15) is 9.59 Å². The van der Waals surface area contributed by atoms with Gasteiger partial charge < -0.3 is 15.1 Å². The van der Waals surface area contributed by atoms with Crippen molar-refractivity contribution < 1.29 is 19.8 Å². The third-order valence-corrected chi connectivity index (χ3v) is 1.79. The summed E-state index contributed by atoms with van der Waals surface area (Å²) in [5.74, 6) is -1.15. The minimum absolute atomic E-state index is 0.321. The van der Waals surface area contributed by atoms with Crippen LogP contribution in [0.5, 0.6) is 0 Å². The number of carboxylic acids is 1. The molecule has 62 valence electrons. The van der Waals surface area contributed by atoms with Gasteiger partial charge in [-0.3, -0.25) is 4.79 Å². The molecule has 1 aliphatic rings. The quantitative estimate of drug-likeness (QED) is 0.489. The molecule has 1 amide bonds. The lowest BCUT2D eigenvalue weighted by molar-refractivity contribution is -0.147. The third-order valence-electron chi connectivity index (χ3n) is 1.79. The largest absolute Gasteiger partial charge is 0.480 e. The van der Waals surface area contributed by atoms with Crippen LogP contribution in [0.3, 0.4) is 0 Å². The van der Waals surface area contributed by atoms with E-state index < -0.39 is 18.1 Å². The third kappa shape index (κ3) is 1.32. The Kier molecular flexibility index (Phi) is 2.09. The molecule has 0 bridgehead atoms. The van der Waals surface area contributed by atoms with E-state index in [2.05, 4.69) is 0 Å². The van der Waals surface area contributed by atoms with Crippen LogP contribution in [0.1, 0.15) is 6.42 Å². The monoisotopic (exact) mass is 159 g/mol. The van der Waals surface area contributed by atoms with E-state index in [1.54, 1.807) is 0 Å². The molecule has 0 aromatic heterocycles. The lowest BCUT2D eigenvalue weighted by atomic mass is 10.2. The molecule has 0 saturated carbocycles. The standard InChI is InChI=1S/C6H9NO4/c8-3-7-2-1-4(9)5(7)6(10)11/h3-5,9H,1-2H2,(H,10,11)/t4-,5+/m0/s1. The van der Waals surface area contributed by atoms with E-state index in [0.717, 1.165) is 4.90 Å². The van der Waals surface area contributed by atoms with Gasteiger partial charge >= 0.3 is 5.97 Å². The van der Waals surface area contributed by atoms with Crippen molar-refractivity contribution in [3.63, 3.8) is 0 Å². The predicted molar refractivity (Wildman–Crippen MR) is 34.8 cm³/mol. The summed E-state index contributed by atoms with van der Waals surface area (Å²) in [7, 11) is 0. The number of likely N-dealkylation sites (tertiary alicyclic amines) is 1. The molecule has 0 aromatic carbocycles. The number of hydrogen-bond donors (Lipinski definition) is 2. The first-order valence-electron chi connectivity index (χ1n) is 3.28. The Bertz CT molecular complexity index is 181. The highest BCUT2D eigenvalue weighted by molar-refractivity contribution is 5.77. The number of carboxylic acid groups (broad SMARTS) is 1. The van der Waals surface area contributed by atoms with E-state index in [-0.39, 0.29) is 0 Å². The minimum atomic E-state index is -1.15. The van der Waals surface area contributed by atoms with E-state index in [4.69, 9.17) is 10.2 Å². The number of carbonyl (C=O) groups excluding carboxylic acids is 1. The number of carbonyl (C=O) groups is 2. The van der Waals surface area contributed by atoms with Crippen LogP contribution in [0.15, 0.2) is 0 Å². The van der Waals surface area contributed by atoms with Crippen molar-refractivity contribution in [3.8, 4) is 0 Å². The summed E-state index contributed by atoms with van der Waals surface area (Å²) < 4.78 is 0. The van der Waals surface area contributed by atoms with Gasteiger partial charge in [-0.15, -0.1) is 0 Å². The maximum absolute atomic E-state index is 10.4. The molecule has 1 aliphatic heterocycles. The number of nitrogens with zero attached hydrogens (tertiary/aromatic N) is 1. The first-order valence-corrected chi connectivity index (χ1v) is 3.28. The summed E-state index contributed by atoms with van der Waals surface area (Å²) in [4.78, 5) is 21.7. The van der Waals surface area contributed by atoms with Crippen LogP contribution in [0, 0.1) is 0 Å². The molecule has 0 radical (unpaired) electrons. The van der Waals surface area contributed by atoms with Gasteiger partial charge in [0.05, 0.1) is 6.10 Å².